The number of aromatic nitrogens is 3. The monoisotopic (exact) mass is 300 g/mol. The first-order valence-electron chi connectivity index (χ1n) is 7.07. The molecular formula is C15H16N4OS. The average molecular weight is 300 g/mol. The first kappa shape index (κ1) is 12.9. The van der Waals surface area contributed by atoms with Crippen LogP contribution in [0.1, 0.15) is 5.01 Å². The molecule has 1 fully saturated rings. The second-order valence-electron chi connectivity index (χ2n) is 5.09. The van der Waals surface area contributed by atoms with Gasteiger partial charge in [-0.25, -0.2) is 9.97 Å². The summed E-state index contributed by atoms with van der Waals surface area (Å²) in [5, 5.41) is 3.27. The van der Waals surface area contributed by atoms with E-state index in [0.29, 0.717) is 0 Å². The largest absolute Gasteiger partial charge is 0.379 e. The quantitative estimate of drug-likeness (QED) is 0.744. The Bertz CT molecular complexity index is 745. The van der Waals surface area contributed by atoms with E-state index in [1.54, 1.807) is 11.3 Å². The van der Waals surface area contributed by atoms with Crippen LogP contribution in [-0.2, 0) is 11.3 Å². The lowest BCUT2D eigenvalue weighted by Crippen LogP contribution is -2.35. The topological polar surface area (TPSA) is 42.7 Å². The minimum absolute atomic E-state index is 0.825. The van der Waals surface area contributed by atoms with E-state index in [4.69, 9.17) is 9.72 Å². The molecule has 0 saturated carbocycles. The van der Waals surface area contributed by atoms with E-state index in [0.717, 1.165) is 54.9 Å². The summed E-state index contributed by atoms with van der Waals surface area (Å²) in [5.41, 5.74) is 3.01. The Kier molecular flexibility index (Phi) is 3.42. The van der Waals surface area contributed by atoms with Crippen LogP contribution in [0.15, 0.2) is 36.0 Å². The average Bonchev–Trinajstić information content (AvgIpc) is 3.14. The van der Waals surface area contributed by atoms with Gasteiger partial charge in [-0.3, -0.25) is 9.30 Å². The van der Waals surface area contributed by atoms with Gasteiger partial charge in [-0.1, -0.05) is 6.07 Å². The van der Waals surface area contributed by atoms with E-state index in [9.17, 15) is 0 Å². The molecule has 0 bridgehead atoms. The van der Waals surface area contributed by atoms with Gasteiger partial charge >= 0.3 is 0 Å². The minimum Gasteiger partial charge on any atom is -0.379 e. The van der Waals surface area contributed by atoms with Gasteiger partial charge in [-0.05, 0) is 12.1 Å². The van der Waals surface area contributed by atoms with Gasteiger partial charge in [-0.2, -0.15) is 0 Å². The van der Waals surface area contributed by atoms with Gasteiger partial charge in [0.15, 0.2) is 0 Å². The van der Waals surface area contributed by atoms with Crippen molar-refractivity contribution in [1.82, 2.24) is 19.3 Å². The SMILES string of the molecule is c1ccn2c(-c3csc(CN4CCOCC4)n3)cnc2c1. The van der Waals surface area contributed by atoms with Gasteiger partial charge in [0.2, 0.25) is 0 Å². The highest BCUT2D eigenvalue weighted by Gasteiger charge is 2.14. The maximum Gasteiger partial charge on any atom is 0.137 e. The van der Waals surface area contributed by atoms with Crippen LogP contribution in [0.2, 0.25) is 0 Å². The van der Waals surface area contributed by atoms with Crippen LogP contribution in [0, 0.1) is 0 Å². The zero-order valence-electron chi connectivity index (χ0n) is 11.6. The van der Waals surface area contributed by atoms with E-state index in [1.807, 2.05) is 30.6 Å². The lowest BCUT2D eigenvalue weighted by Gasteiger charge is -2.25. The number of pyridine rings is 1. The van der Waals surface area contributed by atoms with Crippen LogP contribution < -0.4 is 0 Å². The second-order valence-corrected chi connectivity index (χ2v) is 6.03. The number of hydrogen-bond acceptors (Lipinski definition) is 5. The van der Waals surface area contributed by atoms with Crippen molar-refractivity contribution in [2.75, 3.05) is 26.3 Å². The molecule has 21 heavy (non-hydrogen) atoms. The number of thiazole rings is 1. The molecule has 1 aliphatic rings. The summed E-state index contributed by atoms with van der Waals surface area (Å²) >= 11 is 1.72. The Morgan fingerprint density at radius 1 is 1.24 bits per heavy atom. The summed E-state index contributed by atoms with van der Waals surface area (Å²) in [6, 6.07) is 6.01. The number of ether oxygens (including phenoxy) is 1. The zero-order chi connectivity index (χ0) is 14.1. The molecule has 0 amide bonds. The third-order valence-corrected chi connectivity index (χ3v) is 4.53. The predicted octanol–water partition coefficient (Wildman–Crippen LogP) is 2.29. The lowest BCUT2D eigenvalue weighted by molar-refractivity contribution is 0.0342. The summed E-state index contributed by atoms with van der Waals surface area (Å²) in [6.45, 7) is 4.54. The van der Waals surface area contributed by atoms with Gasteiger partial charge in [-0.15, -0.1) is 11.3 Å². The van der Waals surface area contributed by atoms with Gasteiger partial charge in [0.25, 0.3) is 0 Å². The van der Waals surface area contributed by atoms with Crippen molar-refractivity contribution in [2.45, 2.75) is 6.54 Å². The molecule has 4 heterocycles. The van der Waals surface area contributed by atoms with Crippen LogP contribution in [0.4, 0.5) is 0 Å². The number of morpholine rings is 1. The fraction of sp³-hybridized carbons (Fsp3) is 0.333. The van der Waals surface area contributed by atoms with Crippen molar-refractivity contribution in [3.63, 3.8) is 0 Å². The number of rotatable bonds is 3. The van der Waals surface area contributed by atoms with Crippen molar-refractivity contribution >= 4 is 17.0 Å². The third-order valence-electron chi connectivity index (χ3n) is 3.69. The number of nitrogens with zero attached hydrogens (tertiary/aromatic N) is 4. The molecule has 4 rings (SSSR count). The van der Waals surface area contributed by atoms with Crippen LogP contribution in [0.3, 0.4) is 0 Å². The number of hydrogen-bond donors (Lipinski definition) is 0. The fourth-order valence-corrected chi connectivity index (χ4v) is 3.40. The summed E-state index contributed by atoms with van der Waals surface area (Å²) in [6.07, 6.45) is 3.92. The van der Waals surface area contributed by atoms with E-state index in [2.05, 4.69) is 19.7 Å². The molecule has 0 aromatic carbocycles. The van der Waals surface area contributed by atoms with Crippen molar-refractivity contribution < 1.29 is 4.74 Å². The Labute approximate surface area is 126 Å². The Morgan fingerprint density at radius 3 is 3.05 bits per heavy atom. The Balaban J connectivity index is 1.59. The second kappa shape index (κ2) is 5.55. The molecule has 3 aromatic rings. The molecule has 0 radical (unpaired) electrons. The van der Waals surface area contributed by atoms with Crippen molar-refractivity contribution in [3.05, 3.63) is 41.0 Å². The van der Waals surface area contributed by atoms with Crippen LogP contribution in [0.5, 0.6) is 0 Å². The summed E-state index contributed by atoms with van der Waals surface area (Å²) in [7, 11) is 0. The van der Waals surface area contributed by atoms with Gasteiger partial charge in [0.1, 0.15) is 10.7 Å². The van der Waals surface area contributed by atoms with Crippen LogP contribution in [-0.4, -0.2) is 45.6 Å². The van der Waals surface area contributed by atoms with E-state index in [1.165, 1.54) is 0 Å². The predicted molar refractivity (Wildman–Crippen MR) is 82.4 cm³/mol. The molecule has 0 aliphatic carbocycles. The van der Waals surface area contributed by atoms with Gasteiger partial charge in [0.05, 0.1) is 37.3 Å². The third kappa shape index (κ3) is 2.57. The maximum atomic E-state index is 5.38. The summed E-state index contributed by atoms with van der Waals surface area (Å²) in [5.74, 6) is 0. The van der Waals surface area contributed by atoms with E-state index < -0.39 is 0 Å². The highest BCUT2D eigenvalue weighted by atomic mass is 32.1. The molecule has 0 atom stereocenters. The van der Waals surface area contributed by atoms with E-state index in [-0.39, 0.29) is 0 Å². The highest BCUT2D eigenvalue weighted by Crippen LogP contribution is 2.23. The number of fused-ring (bicyclic) bond motifs is 1. The van der Waals surface area contributed by atoms with Crippen molar-refractivity contribution in [3.8, 4) is 11.4 Å². The maximum absolute atomic E-state index is 5.38. The highest BCUT2D eigenvalue weighted by molar-refractivity contribution is 7.09. The first-order valence-corrected chi connectivity index (χ1v) is 7.95. The fourth-order valence-electron chi connectivity index (χ4n) is 2.57. The molecule has 3 aromatic heterocycles. The molecule has 0 spiro atoms. The molecule has 1 aliphatic heterocycles. The normalized spacial score (nSPS) is 16.6. The molecular weight excluding hydrogens is 284 g/mol. The van der Waals surface area contributed by atoms with E-state index >= 15 is 0 Å². The Morgan fingerprint density at radius 2 is 2.14 bits per heavy atom. The Hall–Kier alpha value is -1.76. The van der Waals surface area contributed by atoms with Crippen LogP contribution >= 0.6 is 11.3 Å². The molecule has 108 valence electrons. The van der Waals surface area contributed by atoms with Crippen molar-refractivity contribution in [2.24, 2.45) is 0 Å². The van der Waals surface area contributed by atoms with Crippen LogP contribution in [0.25, 0.3) is 17.0 Å². The summed E-state index contributed by atoms with van der Waals surface area (Å²) < 4.78 is 7.46. The summed E-state index contributed by atoms with van der Waals surface area (Å²) in [4.78, 5) is 11.6. The standard InChI is InChI=1S/C15H16N4OS/c1-2-4-19-13(9-16-14(19)3-1)12-11-21-15(17-12)10-18-5-7-20-8-6-18/h1-4,9,11H,5-8,10H2. The van der Waals surface area contributed by atoms with Gasteiger partial charge < -0.3 is 4.74 Å². The lowest BCUT2D eigenvalue weighted by atomic mass is 10.3. The first-order chi connectivity index (χ1) is 10.4. The molecule has 0 unspecified atom stereocenters. The molecule has 5 nitrogen and oxygen atoms in total. The molecule has 6 heteroatoms. The number of imidazole rings is 1. The minimum atomic E-state index is 0.825. The smallest absolute Gasteiger partial charge is 0.137 e. The van der Waals surface area contributed by atoms with Crippen molar-refractivity contribution in [1.29, 1.82) is 0 Å². The zero-order valence-corrected chi connectivity index (χ0v) is 12.4. The molecule has 0 N–H and O–H groups in total. The molecule has 1 saturated heterocycles. The van der Waals surface area contributed by atoms with Gasteiger partial charge in [0, 0.05) is 24.7 Å².